The van der Waals surface area contributed by atoms with E-state index >= 15 is 0 Å². The van der Waals surface area contributed by atoms with Crippen LogP contribution in [0.3, 0.4) is 0 Å². The molecule has 3 N–H and O–H groups in total. The zero-order valence-corrected chi connectivity index (χ0v) is 10.1. The highest BCUT2D eigenvalue weighted by molar-refractivity contribution is 5.79. The van der Waals surface area contributed by atoms with Crippen LogP contribution in [0.5, 0.6) is 0 Å². The first-order valence-corrected chi connectivity index (χ1v) is 5.82. The van der Waals surface area contributed by atoms with E-state index in [-0.39, 0.29) is 11.9 Å². The van der Waals surface area contributed by atoms with Crippen LogP contribution in [0, 0.1) is 12.3 Å². The van der Waals surface area contributed by atoms with E-state index < -0.39 is 5.54 Å². The fraction of sp³-hybridized carbons (Fsp3) is 0.750. The molecule has 4 nitrogen and oxygen atoms in total. The highest BCUT2D eigenvalue weighted by atomic mass is 16.2. The van der Waals surface area contributed by atoms with E-state index in [2.05, 4.69) is 11.2 Å². The predicted octanol–water partition coefficient (Wildman–Crippen LogP) is -0.0625. The van der Waals surface area contributed by atoms with Crippen molar-refractivity contribution in [2.75, 3.05) is 19.6 Å². The van der Waals surface area contributed by atoms with Crippen LogP contribution in [0.1, 0.15) is 26.7 Å². The first kappa shape index (κ1) is 13.0. The Bertz CT molecular complexity index is 285. The summed E-state index contributed by atoms with van der Waals surface area (Å²) in [5, 5.41) is 2.94. The molecule has 0 aromatic carbocycles. The van der Waals surface area contributed by atoms with E-state index in [9.17, 15) is 4.79 Å². The number of likely N-dealkylation sites (tertiary alicyclic amines) is 1. The van der Waals surface area contributed by atoms with Crippen molar-refractivity contribution in [2.45, 2.75) is 38.3 Å². The number of terminal acetylenes is 1. The maximum Gasteiger partial charge on any atom is 0.235 e. The second kappa shape index (κ2) is 5.33. The summed E-state index contributed by atoms with van der Waals surface area (Å²) in [6.45, 7) is 5.98. The lowest BCUT2D eigenvalue weighted by Gasteiger charge is -2.37. The molecule has 0 unspecified atom stereocenters. The smallest absolute Gasteiger partial charge is 0.235 e. The second-order valence-corrected chi connectivity index (χ2v) is 4.44. The van der Waals surface area contributed by atoms with Gasteiger partial charge in [-0.05, 0) is 12.8 Å². The molecule has 0 saturated carbocycles. The topological polar surface area (TPSA) is 58.4 Å². The molecule has 1 aliphatic rings. The maximum absolute atomic E-state index is 11.8. The second-order valence-electron chi connectivity index (χ2n) is 4.44. The molecule has 1 fully saturated rings. The van der Waals surface area contributed by atoms with Crippen molar-refractivity contribution in [1.82, 2.24) is 10.2 Å². The quantitative estimate of drug-likeness (QED) is 0.642. The molecule has 0 aromatic heterocycles. The van der Waals surface area contributed by atoms with E-state index in [1.165, 1.54) is 0 Å². The van der Waals surface area contributed by atoms with Gasteiger partial charge in [0.2, 0.25) is 5.91 Å². The highest BCUT2D eigenvalue weighted by Gasteiger charge is 2.29. The minimum absolute atomic E-state index is 0.00597. The molecule has 0 spiro atoms. The average molecular weight is 223 g/mol. The Balaban J connectivity index is 2.41. The number of nitrogens with two attached hydrogens (primary N) is 1. The summed E-state index contributed by atoms with van der Waals surface area (Å²) >= 11 is 0. The first-order chi connectivity index (χ1) is 7.55. The lowest BCUT2D eigenvalue weighted by Crippen LogP contribution is -2.59. The Morgan fingerprint density at radius 1 is 1.56 bits per heavy atom. The van der Waals surface area contributed by atoms with Gasteiger partial charge >= 0.3 is 0 Å². The van der Waals surface area contributed by atoms with Crippen molar-refractivity contribution >= 4 is 5.91 Å². The van der Waals surface area contributed by atoms with Gasteiger partial charge in [-0.15, -0.1) is 6.42 Å². The molecule has 0 bridgehead atoms. The van der Waals surface area contributed by atoms with Crippen LogP contribution in [-0.4, -0.2) is 42.0 Å². The molecule has 1 heterocycles. The van der Waals surface area contributed by atoms with E-state index in [0.717, 1.165) is 25.9 Å². The Kier molecular flexibility index (Phi) is 4.34. The van der Waals surface area contributed by atoms with Crippen molar-refractivity contribution < 1.29 is 4.79 Å². The largest absolute Gasteiger partial charge is 0.339 e. The molecule has 0 atom stereocenters. The molecular weight excluding hydrogens is 202 g/mol. The number of nitrogens with one attached hydrogen (secondary N) is 1. The molecule has 16 heavy (non-hydrogen) atoms. The fourth-order valence-corrected chi connectivity index (χ4v) is 1.92. The Morgan fingerprint density at radius 2 is 2.12 bits per heavy atom. The molecule has 4 heteroatoms. The Morgan fingerprint density at radius 3 is 2.50 bits per heavy atom. The SMILES string of the molecule is C#CC(CC)(CC)NC(=O)CN1CC(N)C1. The number of hydrogen-bond acceptors (Lipinski definition) is 3. The molecule has 1 amide bonds. The van der Waals surface area contributed by atoms with Crippen LogP contribution < -0.4 is 11.1 Å². The van der Waals surface area contributed by atoms with Crippen molar-refractivity contribution in [3.8, 4) is 12.3 Å². The van der Waals surface area contributed by atoms with Crippen LogP contribution in [-0.2, 0) is 4.79 Å². The van der Waals surface area contributed by atoms with Crippen LogP contribution in [0.15, 0.2) is 0 Å². The Labute approximate surface area is 97.6 Å². The number of amides is 1. The first-order valence-electron chi connectivity index (χ1n) is 5.82. The van der Waals surface area contributed by atoms with E-state index in [1.807, 2.05) is 18.7 Å². The maximum atomic E-state index is 11.8. The van der Waals surface area contributed by atoms with Crippen LogP contribution >= 0.6 is 0 Å². The fourth-order valence-electron chi connectivity index (χ4n) is 1.92. The monoisotopic (exact) mass is 223 g/mol. The molecule has 0 aromatic rings. The van der Waals surface area contributed by atoms with Gasteiger partial charge in [-0.25, -0.2) is 0 Å². The summed E-state index contributed by atoms with van der Waals surface area (Å²) in [4.78, 5) is 13.8. The van der Waals surface area contributed by atoms with E-state index in [1.54, 1.807) is 0 Å². The standard InChI is InChI=1S/C12H21N3O/c1-4-12(5-2,6-3)14-11(16)9-15-7-10(13)8-15/h1,10H,5-9,13H2,2-3H3,(H,14,16). The number of carbonyl (C=O) groups excluding carboxylic acids is 1. The van der Waals surface area contributed by atoms with Crippen LogP contribution in [0.2, 0.25) is 0 Å². The average Bonchev–Trinajstić information content (AvgIpc) is 2.24. The van der Waals surface area contributed by atoms with E-state index in [4.69, 9.17) is 12.2 Å². The van der Waals surface area contributed by atoms with Crippen molar-refractivity contribution in [3.63, 3.8) is 0 Å². The van der Waals surface area contributed by atoms with Gasteiger partial charge in [0, 0.05) is 19.1 Å². The predicted molar refractivity (Wildman–Crippen MR) is 64.7 cm³/mol. The van der Waals surface area contributed by atoms with Crippen molar-refractivity contribution in [3.05, 3.63) is 0 Å². The lowest BCUT2D eigenvalue weighted by atomic mass is 9.94. The van der Waals surface area contributed by atoms with Crippen LogP contribution in [0.4, 0.5) is 0 Å². The van der Waals surface area contributed by atoms with Gasteiger partial charge in [-0.2, -0.15) is 0 Å². The molecule has 0 aliphatic carbocycles. The zero-order valence-electron chi connectivity index (χ0n) is 10.1. The van der Waals surface area contributed by atoms with Gasteiger partial charge in [-0.1, -0.05) is 19.8 Å². The number of rotatable bonds is 5. The summed E-state index contributed by atoms with van der Waals surface area (Å²) in [7, 11) is 0. The Hall–Kier alpha value is -1.05. The molecule has 1 aliphatic heterocycles. The zero-order chi connectivity index (χ0) is 12.2. The summed E-state index contributed by atoms with van der Waals surface area (Å²) in [5.74, 6) is 2.68. The number of carbonyl (C=O) groups is 1. The third-order valence-corrected chi connectivity index (χ3v) is 3.21. The molecular formula is C12H21N3O. The molecule has 0 radical (unpaired) electrons. The van der Waals surface area contributed by atoms with Gasteiger partial charge in [-0.3, -0.25) is 9.69 Å². The highest BCUT2D eigenvalue weighted by Crippen LogP contribution is 2.13. The summed E-state index contributed by atoms with van der Waals surface area (Å²) in [6, 6.07) is 0.225. The lowest BCUT2D eigenvalue weighted by molar-refractivity contribution is -0.124. The minimum atomic E-state index is -0.482. The van der Waals surface area contributed by atoms with Crippen molar-refractivity contribution in [1.29, 1.82) is 0 Å². The van der Waals surface area contributed by atoms with Gasteiger partial charge in [0.15, 0.2) is 0 Å². The van der Waals surface area contributed by atoms with Gasteiger partial charge in [0.1, 0.15) is 5.54 Å². The summed E-state index contributed by atoms with van der Waals surface area (Å²) in [6.07, 6.45) is 6.99. The number of nitrogens with zero attached hydrogens (tertiary/aromatic N) is 1. The van der Waals surface area contributed by atoms with Gasteiger partial charge < -0.3 is 11.1 Å². The third-order valence-electron chi connectivity index (χ3n) is 3.21. The van der Waals surface area contributed by atoms with Gasteiger partial charge in [0.25, 0.3) is 0 Å². The summed E-state index contributed by atoms with van der Waals surface area (Å²) < 4.78 is 0. The number of hydrogen-bond donors (Lipinski definition) is 2. The normalized spacial score (nSPS) is 17.6. The van der Waals surface area contributed by atoms with Crippen molar-refractivity contribution in [2.24, 2.45) is 5.73 Å². The van der Waals surface area contributed by atoms with Gasteiger partial charge in [0.05, 0.1) is 6.54 Å². The molecule has 1 rings (SSSR count). The summed E-state index contributed by atoms with van der Waals surface area (Å²) in [5.41, 5.74) is 5.16. The van der Waals surface area contributed by atoms with E-state index in [0.29, 0.717) is 6.54 Å². The van der Waals surface area contributed by atoms with Crippen LogP contribution in [0.25, 0.3) is 0 Å². The third kappa shape index (κ3) is 2.97. The molecule has 90 valence electrons. The molecule has 1 saturated heterocycles. The minimum Gasteiger partial charge on any atom is -0.339 e.